The van der Waals surface area contributed by atoms with Crippen LogP contribution in [-0.2, 0) is 16.6 Å². The van der Waals surface area contributed by atoms with Crippen molar-refractivity contribution in [3.63, 3.8) is 0 Å². The molecule has 98 valence electrons. The monoisotopic (exact) mass is 249 g/mol. The number of aliphatic carboxylic acids is 1. The third kappa shape index (κ3) is 4.08. The lowest BCUT2D eigenvalue weighted by Gasteiger charge is -2.20. The predicted molar refractivity (Wildman–Crippen MR) is 72.0 cm³/mol. The molecule has 0 heterocycles. The molecule has 0 bridgehead atoms. The normalized spacial score (nSPS) is 11.1. The van der Waals surface area contributed by atoms with Gasteiger partial charge in [-0.1, -0.05) is 26.8 Å². The maximum atomic E-state index is 10.8. The first-order chi connectivity index (χ1) is 8.18. The summed E-state index contributed by atoms with van der Waals surface area (Å²) >= 11 is 0. The Kier molecular flexibility index (Phi) is 3.96. The molecule has 0 aliphatic carbocycles. The SMILES string of the molecule is CC(C)(C)c1cc(CC(=O)O)cc(N=C(N)N)c1. The van der Waals surface area contributed by atoms with Gasteiger partial charge in [-0.25, -0.2) is 4.99 Å². The second kappa shape index (κ2) is 5.08. The van der Waals surface area contributed by atoms with E-state index in [0.29, 0.717) is 11.3 Å². The lowest BCUT2D eigenvalue weighted by atomic mass is 9.85. The Balaban J connectivity index is 3.28. The Morgan fingerprint density at radius 3 is 2.33 bits per heavy atom. The van der Waals surface area contributed by atoms with Crippen LogP contribution >= 0.6 is 0 Å². The van der Waals surface area contributed by atoms with Crippen LogP contribution in [0.4, 0.5) is 5.69 Å². The van der Waals surface area contributed by atoms with Crippen molar-refractivity contribution in [1.82, 2.24) is 0 Å². The van der Waals surface area contributed by atoms with Crippen molar-refractivity contribution >= 4 is 17.6 Å². The topological polar surface area (TPSA) is 102 Å². The van der Waals surface area contributed by atoms with E-state index in [0.717, 1.165) is 5.56 Å². The minimum atomic E-state index is -0.878. The summed E-state index contributed by atoms with van der Waals surface area (Å²) in [6, 6.07) is 5.42. The summed E-state index contributed by atoms with van der Waals surface area (Å²) in [4.78, 5) is 14.8. The van der Waals surface area contributed by atoms with E-state index >= 15 is 0 Å². The molecule has 5 heteroatoms. The minimum absolute atomic E-state index is 0.0395. The van der Waals surface area contributed by atoms with E-state index in [1.54, 1.807) is 6.07 Å². The smallest absolute Gasteiger partial charge is 0.307 e. The maximum Gasteiger partial charge on any atom is 0.307 e. The number of carboxylic acids is 1. The molecule has 18 heavy (non-hydrogen) atoms. The number of carboxylic acid groups (broad SMARTS) is 1. The van der Waals surface area contributed by atoms with Crippen LogP contribution in [0, 0.1) is 0 Å². The first-order valence-corrected chi connectivity index (χ1v) is 5.64. The van der Waals surface area contributed by atoms with Crippen LogP contribution in [-0.4, -0.2) is 17.0 Å². The molecule has 0 fully saturated rings. The molecule has 1 aromatic rings. The van der Waals surface area contributed by atoms with Crippen LogP contribution in [0.25, 0.3) is 0 Å². The van der Waals surface area contributed by atoms with Gasteiger partial charge in [0.1, 0.15) is 0 Å². The molecule has 1 aromatic carbocycles. The second-order valence-electron chi connectivity index (χ2n) is 5.25. The van der Waals surface area contributed by atoms with E-state index in [1.807, 2.05) is 32.9 Å². The zero-order valence-electron chi connectivity index (χ0n) is 10.9. The van der Waals surface area contributed by atoms with Gasteiger partial charge in [0, 0.05) is 0 Å². The lowest BCUT2D eigenvalue weighted by Crippen LogP contribution is -2.22. The third-order valence-corrected chi connectivity index (χ3v) is 2.46. The Morgan fingerprint density at radius 1 is 1.28 bits per heavy atom. The summed E-state index contributed by atoms with van der Waals surface area (Å²) in [6.45, 7) is 6.14. The fourth-order valence-corrected chi connectivity index (χ4v) is 1.60. The highest BCUT2D eigenvalue weighted by Gasteiger charge is 2.16. The first kappa shape index (κ1) is 14.0. The van der Waals surface area contributed by atoms with Gasteiger partial charge in [-0.05, 0) is 28.7 Å². The number of nitrogens with zero attached hydrogens (tertiary/aromatic N) is 1. The zero-order valence-corrected chi connectivity index (χ0v) is 10.9. The lowest BCUT2D eigenvalue weighted by molar-refractivity contribution is -0.136. The molecular formula is C13H19N3O2. The summed E-state index contributed by atoms with van der Waals surface area (Å²) in [5.74, 6) is -0.918. The third-order valence-electron chi connectivity index (χ3n) is 2.46. The summed E-state index contributed by atoms with van der Waals surface area (Å²) in [5, 5.41) is 8.85. The molecule has 1 rings (SSSR count). The van der Waals surface area contributed by atoms with Gasteiger partial charge in [-0.2, -0.15) is 0 Å². The zero-order chi connectivity index (χ0) is 13.9. The quantitative estimate of drug-likeness (QED) is 0.558. The van der Waals surface area contributed by atoms with Crippen LogP contribution in [0.1, 0.15) is 31.9 Å². The predicted octanol–water partition coefficient (Wildman–Crippen LogP) is 1.52. The number of rotatable bonds is 3. The minimum Gasteiger partial charge on any atom is -0.481 e. The van der Waals surface area contributed by atoms with E-state index in [1.165, 1.54) is 0 Å². The number of hydrogen-bond donors (Lipinski definition) is 3. The molecule has 0 amide bonds. The molecule has 5 nitrogen and oxygen atoms in total. The molecule has 0 aromatic heterocycles. The van der Waals surface area contributed by atoms with E-state index in [2.05, 4.69) is 4.99 Å². The van der Waals surface area contributed by atoms with Gasteiger partial charge in [0.25, 0.3) is 0 Å². The first-order valence-electron chi connectivity index (χ1n) is 5.64. The van der Waals surface area contributed by atoms with E-state index in [4.69, 9.17) is 16.6 Å². The van der Waals surface area contributed by atoms with Gasteiger partial charge in [-0.3, -0.25) is 4.79 Å². The van der Waals surface area contributed by atoms with E-state index < -0.39 is 5.97 Å². The van der Waals surface area contributed by atoms with Gasteiger partial charge in [0.2, 0.25) is 0 Å². The van der Waals surface area contributed by atoms with Crippen molar-refractivity contribution in [3.05, 3.63) is 29.3 Å². The van der Waals surface area contributed by atoms with E-state index in [-0.39, 0.29) is 17.8 Å². The fraction of sp³-hybridized carbons (Fsp3) is 0.385. The number of benzene rings is 1. The maximum absolute atomic E-state index is 10.8. The molecular weight excluding hydrogens is 230 g/mol. The van der Waals surface area contributed by atoms with Gasteiger partial charge in [0.05, 0.1) is 12.1 Å². The second-order valence-corrected chi connectivity index (χ2v) is 5.25. The Morgan fingerprint density at radius 2 is 1.89 bits per heavy atom. The van der Waals surface area contributed by atoms with Crippen molar-refractivity contribution in [1.29, 1.82) is 0 Å². The number of carbonyl (C=O) groups is 1. The number of hydrogen-bond acceptors (Lipinski definition) is 2. The van der Waals surface area contributed by atoms with Gasteiger partial charge in [-0.15, -0.1) is 0 Å². The standard InChI is InChI=1S/C13H19N3O2/c1-13(2,3)9-4-8(6-11(17)18)5-10(7-9)16-12(14)15/h4-5,7H,6H2,1-3H3,(H,17,18)(H4,14,15,16). The Hall–Kier alpha value is -2.04. The number of nitrogens with two attached hydrogens (primary N) is 2. The van der Waals surface area contributed by atoms with E-state index in [9.17, 15) is 4.79 Å². The van der Waals surface area contributed by atoms with Crippen LogP contribution < -0.4 is 11.5 Å². The summed E-state index contributed by atoms with van der Waals surface area (Å²) in [7, 11) is 0. The molecule has 0 aliphatic heterocycles. The molecule has 0 aliphatic rings. The van der Waals surface area contributed by atoms with Crippen molar-refractivity contribution in [2.45, 2.75) is 32.6 Å². The number of aliphatic imine (C=N–C) groups is 1. The van der Waals surface area contributed by atoms with Crippen molar-refractivity contribution in [2.75, 3.05) is 0 Å². The highest BCUT2D eigenvalue weighted by molar-refractivity contribution is 5.79. The fourth-order valence-electron chi connectivity index (χ4n) is 1.60. The van der Waals surface area contributed by atoms with Gasteiger partial charge >= 0.3 is 5.97 Å². The molecule has 0 unspecified atom stereocenters. The summed E-state index contributed by atoms with van der Waals surface area (Å²) in [5.41, 5.74) is 12.9. The molecule has 0 saturated heterocycles. The molecule has 0 atom stereocenters. The highest BCUT2D eigenvalue weighted by Crippen LogP contribution is 2.28. The Bertz CT molecular complexity index is 483. The average molecular weight is 249 g/mol. The van der Waals surface area contributed by atoms with Crippen molar-refractivity contribution < 1.29 is 9.90 Å². The number of guanidine groups is 1. The molecule has 0 radical (unpaired) electrons. The van der Waals surface area contributed by atoms with Crippen LogP contribution in [0.2, 0.25) is 0 Å². The average Bonchev–Trinajstić information content (AvgIpc) is 2.13. The largest absolute Gasteiger partial charge is 0.481 e. The van der Waals surface area contributed by atoms with Crippen molar-refractivity contribution in [3.8, 4) is 0 Å². The molecule has 0 spiro atoms. The highest BCUT2D eigenvalue weighted by atomic mass is 16.4. The van der Waals surface area contributed by atoms with Crippen LogP contribution in [0.5, 0.6) is 0 Å². The van der Waals surface area contributed by atoms with Crippen molar-refractivity contribution in [2.24, 2.45) is 16.5 Å². The Labute approximate surface area is 107 Å². The molecule has 0 saturated carbocycles. The van der Waals surface area contributed by atoms with Gasteiger partial charge in [0.15, 0.2) is 5.96 Å². The van der Waals surface area contributed by atoms with Crippen LogP contribution in [0.15, 0.2) is 23.2 Å². The summed E-state index contributed by atoms with van der Waals surface area (Å²) < 4.78 is 0. The van der Waals surface area contributed by atoms with Gasteiger partial charge < -0.3 is 16.6 Å². The summed E-state index contributed by atoms with van der Waals surface area (Å²) in [6.07, 6.45) is -0.0447. The van der Waals surface area contributed by atoms with Crippen LogP contribution in [0.3, 0.4) is 0 Å². The molecule has 5 N–H and O–H groups in total.